The Morgan fingerprint density at radius 2 is 2.11 bits per heavy atom. The molecule has 1 heterocycles. The van der Waals surface area contributed by atoms with Crippen molar-refractivity contribution >= 4 is 15.9 Å². The first kappa shape index (κ1) is 14.2. The number of ether oxygens (including phenoxy) is 1. The monoisotopic (exact) mass is 323 g/mol. The Balaban J connectivity index is 2.31. The average molecular weight is 324 g/mol. The van der Waals surface area contributed by atoms with Crippen molar-refractivity contribution in [1.82, 2.24) is 5.32 Å². The summed E-state index contributed by atoms with van der Waals surface area (Å²) >= 11 is 3.55. The van der Waals surface area contributed by atoms with Crippen LogP contribution in [0.4, 0.5) is 0 Å². The lowest BCUT2D eigenvalue weighted by Crippen LogP contribution is -2.17. The first-order chi connectivity index (χ1) is 9.15. The van der Waals surface area contributed by atoms with Crippen molar-refractivity contribution in [3.63, 3.8) is 0 Å². The summed E-state index contributed by atoms with van der Waals surface area (Å²) in [5.74, 6) is 1.78. The molecular formula is C15H18BrNO2. The van der Waals surface area contributed by atoms with Crippen molar-refractivity contribution in [2.75, 3.05) is 13.7 Å². The van der Waals surface area contributed by atoms with E-state index in [2.05, 4.69) is 33.4 Å². The quantitative estimate of drug-likeness (QED) is 0.901. The largest absolute Gasteiger partial charge is 0.493 e. The molecule has 0 saturated heterocycles. The lowest BCUT2D eigenvalue weighted by molar-refractivity contribution is 0.338. The van der Waals surface area contributed by atoms with E-state index in [0.717, 1.165) is 21.5 Å². The van der Waals surface area contributed by atoms with Gasteiger partial charge >= 0.3 is 0 Å². The molecule has 102 valence electrons. The van der Waals surface area contributed by atoms with Gasteiger partial charge in [-0.3, -0.25) is 0 Å². The second-order valence-corrected chi connectivity index (χ2v) is 5.19. The highest BCUT2D eigenvalue weighted by atomic mass is 79.9. The summed E-state index contributed by atoms with van der Waals surface area (Å²) in [5, 5.41) is 3.31. The molecule has 0 spiro atoms. The van der Waals surface area contributed by atoms with E-state index in [1.165, 1.54) is 5.56 Å². The van der Waals surface area contributed by atoms with Crippen LogP contribution in [0, 0.1) is 6.92 Å². The van der Waals surface area contributed by atoms with E-state index in [1.807, 2.05) is 33.0 Å². The van der Waals surface area contributed by atoms with Crippen LogP contribution in [0.25, 0.3) is 0 Å². The number of furan rings is 1. The maximum atomic E-state index is 5.53. The van der Waals surface area contributed by atoms with E-state index in [9.17, 15) is 0 Å². The van der Waals surface area contributed by atoms with Crippen molar-refractivity contribution in [3.05, 3.63) is 51.9 Å². The Labute approximate surface area is 122 Å². The minimum Gasteiger partial charge on any atom is -0.493 e. The van der Waals surface area contributed by atoms with Crippen LogP contribution in [-0.4, -0.2) is 13.7 Å². The Hall–Kier alpha value is -1.26. The third kappa shape index (κ3) is 3.19. The first-order valence-corrected chi connectivity index (χ1v) is 7.09. The molecule has 2 aromatic rings. The molecule has 1 N–H and O–H groups in total. The molecule has 0 saturated carbocycles. The van der Waals surface area contributed by atoms with Crippen LogP contribution in [0.3, 0.4) is 0 Å². The molecule has 0 aliphatic carbocycles. The molecule has 19 heavy (non-hydrogen) atoms. The van der Waals surface area contributed by atoms with E-state index >= 15 is 0 Å². The first-order valence-electron chi connectivity index (χ1n) is 6.30. The number of hydrogen-bond donors (Lipinski definition) is 1. The maximum absolute atomic E-state index is 5.53. The van der Waals surface area contributed by atoms with Gasteiger partial charge in [-0.15, -0.1) is 0 Å². The van der Waals surface area contributed by atoms with E-state index in [-0.39, 0.29) is 6.04 Å². The Morgan fingerprint density at radius 3 is 2.63 bits per heavy atom. The summed E-state index contributed by atoms with van der Waals surface area (Å²) in [6.45, 7) is 4.59. The van der Waals surface area contributed by atoms with Crippen LogP contribution >= 0.6 is 15.9 Å². The summed E-state index contributed by atoms with van der Waals surface area (Å²) in [6, 6.07) is 8.30. The lowest BCUT2D eigenvalue weighted by atomic mass is 10.0. The average Bonchev–Trinajstić information content (AvgIpc) is 2.80. The van der Waals surface area contributed by atoms with Crippen molar-refractivity contribution in [1.29, 1.82) is 0 Å². The van der Waals surface area contributed by atoms with Crippen molar-refractivity contribution < 1.29 is 9.15 Å². The topological polar surface area (TPSA) is 34.4 Å². The van der Waals surface area contributed by atoms with Crippen LogP contribution in [0.5, 0.6) is 5.75 Å². The fourth-order valence-corrected chi connectivity index (χ4v) is 2.62. The van der Waals surface area contributed by atoms with Gasteiger partial charge in [-0.05, 0) is 60.6 Å². The number of rotatable bonds is 5. The van der Waals surface area contributed by atoms with Gasteiger partial charge in [0.25, 0.3) is 0 Å². The molecule has 0 fully saturated rings. The zero-order valence-electron chi connectivity index (χ0n) is 11.4. The second kappa shape index (κ2) is 6.26. The highest BCUT2D eigenvalue weighted by Crippen LogP contribution is 2.31. The Bertz CT molecular complexity index is 551. The van der Waals surface area contributed by atoms with E-state index in [4.69, 9.17) is 9.15 Å². The van der Waals surface area contributed by atoms with E-state index in [1.54, 1.807) is 6.26 Å². The van der Waals surface area contributed by atoms with Crippen LogP contribution in [0.1, 0.15) is 29.9 Å². The smallest absolute Gasteiger partial charge is 0.133 e. The summed E-state index contributed by atoms with van der Waals surface area (Å²) < 4.78 is 11.9. The van der Waals surface area contributed by atoms with Crippen LogP contribution in [-0.2, 0) is 0 Å². The van der Waals surface area contributed by atoms with Gasteiger partial charge in [-0.2, -0.15) is 0 Å². The molecule has 1 aromatic heterocycles. The third-order valence-electron chi connectivity index (χ3n) is 2.96. The van der Waals surface area contributed by atoms with Gasteiger partial charge in [0.05, 0.1) is 23.4 Å². The minimum absolute atomic E-state index is 0.115. The highest BCUT2D eigenvalue weighted by molar-refractivity contribution is 9.10. The number of benzene rings is 1. The fourth-order valence-electron chi connectivity index (χ4n) is 2.11. The van der Waals surface area contributed by atoms with Gasteiger partial charge in [-0.1, -0.05) is 6.07 Å². The van der Waals surface area contributed by atoms with Gasteiger partial charge in [0.1, 0.15) is 11.5 Å². The molecule has 3 nitrogen and oxygen atoms in total. The summed E-state index contributed by atoms with van der Waals surface area (Å²) in [4.78, 5) is 0. The van der Waals surface area contributed by atoms with Crippen LogP contribution in [0.2, 0.25) is 0 Å². The van der Waals surface area contributed by atoms with Crippen LogP contribution < -0.4 is 10.1 Å². The van der Waals surface area contributed by atoms with Gasteiger partial charge in [0, 0.05) is 5.56 Å². The number of hydrogen-bond acceptors (Lipinski definition) is 3. The molecule has 0 radical (unpaired) electrons. The van der Waals surface area contributed by atoms with Crippen LogP contribution in [0.15, 0.2) is 39.4 Å². The lowest BCUT2D eigenvalue weighted by Gasteiger charge is -2.16. The van der Waals surface area contributed by atoms with Gasteiger partial charge in [0.2, 0.25) is 0 Å². The fraction of sp³-hybridized carbons (Fsp3) is 0.333. The molecular weight excluding hydrogens is 306 g/mol. The van der Waals surface area contributed by atoms with Crippen molar-refractivity contribution in [2.24, 2.45) is 0 Å². The molecule has 0 aliphatic heterocycles. The van der Waals surface area contributed by atoms with Gasteiger partial charge < -0.3 is 14.5 Å². The minimum atomic E-state index is 0.115. The van der Waals surface area contributed by atoms with Gasteiger partial charge in [-0.25, -0.2) is 0 Å². The Kier molecular flexibility index (Phi) is 4.66. The standard InChI is InChI=1S/C15H18BrNO2/c1-4-18-14-6-5-11(8-13(14)16)15(17-3)12-7-10(2)19-9-12/h5-9,15,17H,4H2,1-3H3. The number of halogens is 1. The second-order valence-electron chi connectivity index (χ2n) is 4.34. The van der Waals surface area contributed by atoms with E-state index in [0.29, 0.717) is 6.61 Å². The molecule has 1 aromatic carbocycles. The van der Waals surface area contributed by atoms with Gasteiger partial charge in [0.15, 0.2) is 0 Å². The van der Waals surface area contributed by atoms with E-state index < -0.39 is 0 Å². The normalized spacial score (nSPS) is 12.4. The predicted octanol–water partition coefficient (Wildman–Crippen LogP) is 4.06. The molecule has 0 amide bonds. The SMILES string of the molecule is CCOc1ccc(C(NC)c2coc(C)c2)cc1Br. The Morgan fingerprint density at radius 1 is 1.32 bits per heavy atom. The number of nitrogens with one attached hydrogen (secondary N) is 1. The molecule has 2 rings (SSSR count). The third-order valence-corrected chi connectivity index (χ3v) is 3.58. The summed E-state index contributed by atoms with van der Waals surface area (Å²) in [5.41, 5.74) is 2.29. The maximum Gasteiger partial charge on any atom is 0.133 e. The van der Waals surface area contributed by atoms with Crippen molar-refractivity contribution in [3.8, 4) is 5.75 Å². The highest BCUT2D eigenvalue weighted by Gasteiger charge is 2.15. The van der Waals surface area contributed by atoms with Crippen molar-refractivity contribution in [2.45, 2.75) is 19.9 Å². The molecule has 4 heteroatoms. The zero-order valence-corrected chi connectivity index (χ0v) is 13.0. The predicted molar refractivity (Wildman–Crippen MR) is 79.7 cm³/mol. The molecule has 0 bridgehead atoms. The summed E-state index contributed by atoms with van der Waals surface area (Å²) in [7, 11) is 1.94. The zero-order chi connectivity index (χ0) is 13.8. The molecule has 1 unspecified atom stereocenters. The molecule has 0 aliphatic rings. The summed E-state index contributed by atoms with van der Waals surface area (Å²) in [6.07, 6.45) is 1.79. The number of aryl methyl sites for hydroxylation is 1. The molecule has 1 atom stereocenters.